The van der Waals surface area contributed by atoms with E-state index in [2.05, 4.69) is 10.4 Å². The SMILES string of the molecule is CCn1cc(NC(=O)c2occc2C)cn1. The van der Waals surface area contributed by atoms with Crippen LogP contribution in [0.3, 0.4) is 0 Å². The van der Waals surface area contributed by atoms with Crippen LogP contribution in [0.25, 0.3) is 0 Å². The van der Waals surface area contributed by atoms with Crippen molar-refractivity contribution in [2.45, 2.75) is 20.4 Å². The molecule has 16 heavy (non-hydrogen) atoms. The highest BCUT2D eigenvalue weighted by Gasteiger charge is 2.13. The summed E-state index contributed by atoms with van der Waals surface area (Å²) in [5.41, 5.74) is 1.49. The van der Waals surface area contributed by atoms with Crippen molar-refractivity contribution in [1.82, 2.24) is 9.78 Å². The van der Waals surface area contributed by atoms with Crippen molar-refractivity contribution in [2.75, 3.05) is 5.32 Å². The second-order valence-electron chi connectivity index (χ2n) is 3.47. The summed E-state index contributed by atoms with van der Waals surface area (Å²) in [4.78, 5) is 11.8. The topological polar surface area (TPSA) is 60.1 Å². The van der Waals surface area contributed by atoms with E-state index in [0.29, 0.717) is 11.4 Å². The summed E-state index contributed by atoms with van der Waals surface area (Å²) >= 11 is 0. The second-order valence-corrected chi connectivity index (χ2v) is 3.47. The smallest absolute Gasteiger partial charge is 0.291 e. The van der Waals surface area contributed by atoms with E-state index in [9.17, 15) is 4.79 Å². The normalized spacial score (nSPS) is 10.4. The second kappa shape index (κ2) is 4.22. The number of anilines is 1. The molecule has 0 saturated heterocycles. The zero-order valence-electron chi connectivity index (χ0n) is 9.23. The summed E-state index contributed by atoms with van der Waals surface area (Å²) in [6.45, 7) is 4.58. The van der Waals surface area contributed by atoms with Gasteiger partial charge in [0.15, 0.2) is 5.76 Å². The van der Waals surface area contributed by atoms with Crippen LogP contribution in [0.15, 0.2) is 29.1 Å². The minimum Gasteiger partial charge on any atom is -0.459 e. The third-order valence-corrected chi connectivity index (χ3v) is 2.28. The van der Waals surface area contributed by atoms with E-state index in [1.54, 1.807) is 23.1 Å². The van der Waals surface area contributed by atoms with Crippen molar-refractivity contribution in [1.29, 1.82) is 0 Å². The third kappa shape index (κ3) is 1.98. The molecule has 2 rings (SSSR count). The van der Waals surface area contributed by atoms with Gasteiger partial charge in [-0.2, -0.15) is 5.10 Å². The summed E-state index contributed by atoms with van der Waals surface area (Å²) < 4.78 is 6.83. The van der Waals surface area contributed by atoms with E-state index in [0.717, 1.165) is 12.1 Å². The first-order valence-electron chi connectivity index (χ1n) is 5.08. The number of nitrogens with zero attached hydrogens (tertiary/aromatic N) is 2. The molecule has 1 N–H and O–H groups in total. The number of hydrogen-bond donors (Lipinski definition) is 1. The fourth-order valence-electron chi connectivity index (χ4n) is 1.39. The fraction of sp³-hybridized carbons (Fsp3) is 0.273. The summed E-state index contributed by atoms with van der Waals surface area (Å²) in [6.07, 6.45) is 4.88. The maximum absolute atomic E-state index is 11.8. The van der Waals surface area contributed by atoms with E-state index < -0.39 is 0 Å². The molecule has 0 atom stereocenters. The first kappa shape index (κ1) is 10.5. The van der Waals surface area contributed by atoms with E-state index >= 15 is 0 Å². The fourth-order valence-corrected chi connectivity index (χ4v) is 1.39. The standard InChI is InChI=1S/C11H13N3O2/c1-3-14-7-9(6-12-14)13-11(15)10-8(2)4-5-16-10/h4-7H,3H2,1-2H3,(H,13,15). The van der Waals surface area contributed by atoms with Crippen LogP contribution in [-0.2, 0) is 6.54 Å². The van der Waals surface area contributed by atoms with E-state index in [4.69, 9.17) is 4.42 Å². The highest BCUT2D eigenvalue weighted by atomic mass is 16.3. The Bertz CT molecular complexity index is 499. The minimum absolute atomic E-state index is 0.252. The Kier molecular flexibility index (Phi) is 2.76. The van der Waals surface area contributed by atoms with Crippen molar-refractivity contribution >= 4 is 11.6 Å². The first-order valence-corrected chi connectivity index (χ1v) is 5.08. The number of amides is 1. The quantitative estimate of drug-likeness (QED) is 0.859. The minimum atomic E-state index is -0.252. The van der Waals surface area contributed by atoms with Gasteiger partial charge in [-0.1, -0.05) is 0 Å². The van der Waals surface area contributed by atoms with Crippen molar-refractivity contribution in [2.24, 2.45) is 0 Å². The Balaban J connectivity index is 2.11. The highest BCUT2D eigenvalue weighted by molar-refractivity contribution is 6.03. The van der Waals surface area contributed by atoms with Gasteiger partial charge in [0.25, 0.3) is 5.91 Å². The molecule has 2 aromatic heterocycles. The Morgan fingerprint density at radius 3 is 3.00 bits per heavy atom. The average Bonchev–Trinajstić information content (AvgIpc) is 2.86. The van der Waals surface area contributed by atoms with Gasteiger partial charge < -0.3 is 9.73 Å². The molecule has 0 aliphatic rings. The van der Waals surface area contributed by atoms with Crippen LogP contribution in [0.4, 0.5) is 5.69 Å². The van der Waals surface area contributed by atoms with Crippen LogP contribution in [0.2, 0.25) is 0 Å². The largest absolute Gasteiger partial charge is 0.459 e. The lowest BCUT2D eigenvalue weighted by molar-refractivity contribution is 0.0996. The maximum atomic E-state index is 11.8. The number of rotatable bonds is 3. The van der Waals surface area contributed by atoms with E-state index in [-0.39, 0.29) is 5.91 Å². The van der Waals surface area contributed by atoms with Gasteiger partial charge in [0.05, 0.1) is 18.1 Å². The number of carbonyl (C=O) groups is 1. The van der Waals surface area contributed by atoms with E-state index in [1.165, 1.54) is 6.26 Å². The molecule has 0 spiro atoms. The average molecular weight is 219 g/mol. The van der Waals surface area contributed by atoms with Gasteiger partial charge in [0.1, 0.15) is 0 Å². The molecule has 0 aliphatic heterocycles. The number of aromatic nitrogens is 2. The van der Waals surface area contributed by atoms with Gasteiger partial charge in [-0.25, -0.2) is 0 Å². The highest BCUT2D eigenvalue weighted by Crippen LogP contribution is 2.12. The molecule has 0 radical (unpaired) electrons. The molecule has 84 valence electrons. The van der Waals surface area contributed by atoms with Gasteiger partial charge in [-0.15, -0.1) is 0 Å². The predicted molar refractivity (Wildman–Crippen MR) is 59.3 cm³/mol. The predicted octanol–water partition coefficient (Wildman–Crippen LogP) is 2.06. The number of furan rings is 1. The Hall–Kier alpha value is -2.04. The van der Waals surface area contributed by atoms with Crippen LogP contribution in [0.5, 0.6) is 0 Å². The number of aryl methyl sites for hydroxylation is 2. The van der Waals surface area contributed by atoms with Gasteiger partial charge in [0, 0.05) is 18.3 Å². The molecule has 1 amide bonds. The van der Waals surface area contributed by atoms with Gasteiger partial charge >= 0.3 is 0 Å². The van der Waals surface area contributed by atoms with Gasteiger partial charge in [0.2, 0.25) is 0 Å². The zero-order valence-corrected chi connectivity index (χ0v) is 9.23. The summed E-state index contributed by atoms with van der Waals surface area (Å²) in [6, 6.07) is 1.75. The molecular formula is C11H13N3O2. The first-order chi connectivity index (χ1) is 7.70. The molecular weight excluding hydrogens is 206 g/mol. The third-order valence-electron chi connectivity index (χ3n) is 2.28. The van der Waals surface area contributed by atoms with Crippen molar-refractivity contribution in [3.05, 3.63) is 36.0 Å². The van der Waals surface area contributed by atoms with Crippen LogP contribution in [0, 0.1) is 6.92 Å². The molecule has 0 aliphatic carbocycles. The van der Waals surface area contributed by atoms with Crippen LogP contribution in [0.1, 0.15) is 23.0 Å². The number of nitrogens with one attached hydrogen (secondary N) is 1. The molecule has 0 bridgehead atoms. The number of carbonyl (C=O) groups excluding carboxylic acids is 1. The summed E-state index contributed by atoms with van der Waals surface area (Å²) in [5.74, 6) is 0.0856. The molecule has 5 nitrogen and oxygen atoms in total. The Morgan fingerprint density at radius 2 is 2.44 bits per heavy atom. The molecule has 0 fully saturated rings. The van der Waals surface area contributed by atoms with Crippen LogP contribution in [-0.4, -0.2) is 15.7 Å². The van der Waals surface area contributed by atoms with Gasteiger partial charge in [-0.05, 0) is 19.9 Å². The Labute approximate surface area is 93.1 Å². The lowest BCUT2D eigenvalue weighted by Crippen LogP contribution is -2.11. The molecule has 0 aromatic carbocycles. The monoisotopic (exact) mass is 219 g/mol. The Morgan fingerprint density at radius 1 is 1.62 bits per heavy atom. The summed E-state index contributed by atoms with van der Waals surface area (Å²) in [7, 11) is 0. The molecule has 5 heteroatoms. The summed E-state index contributed by atoms with van der Waals surface area (Å²) in [5, 5.41) is 6.79. The maximum Gasteiger partial charge on any atom is 0.291 e. The van der Waals surface area contributed by atoms with Crippen LogP contribution >= 0.6 is 0 Å². The van der Waals surface area contributed by atoms with Crippen molar-refractivity contribution in [3.63, 3.8) is 0 Å². The molecule has 0 unspecified atom stereocenters. The lowest BCUT2D eigenvalue weighted by Gasteiger charge is -1.99. The molecule has 2 heterocycles. The van der Waals surface area contributed by atoms with E-state index in [1.807, 2.05) is 13.8 Å². The zero-order chi connectivity index (χ0) is 11.5. The van der Waals surface area contributed by atoms with Crippen molar-refractivity contribution in [3.8, 4) is 0 Å². The van der Waals surface area contributed by atoms with Crippen molar-refractivity contribution < 1.29 is 9.21 Å². The van der Waals surface area contributed by atoms with Crippen LogP contribution < -0.4 is 5.32 Å². The number of hydrogen-bond acceptors (Lipinski definition) is 3. The van der Waals surface area contributed by atoms with Gasteiger partial charge in [-0.3, -0.25) is 9.48 Å². The molecule has 0 saturated carbocycles. The lowest BCUT2D eigenvalue weighted by atomic mass is 10.2. The molecule has 2 aromatic rings.